The molecule has 6 rings (SSSR count). The number of rotatable bonds is 3. The minimum atomic E-state index is 0.0726. The molecule has 0 saturated heterocycles. The van der Waals surface area contributed by atoms with Gasteiger partial charge in [0.2, 0.25) is 0 Å². The van der Waals surface area contributed by atoms with Crippen molar-refractivity contribution < 1.29 is 0 Å². The molecule has 1 atom stereocenters. The van der Waals surface area contributed by atoms with E-state index in [1.807, 2.05) is 41.0 Å². The van der Waals surface area contributed by atoms with Gasteiger partial charge in [0.05, 0.1) is 12.2 Å². The standard InChI is InChI=1S/C30H23NO/c1-20-16-17-24-26(18-20)27(22-12-6-3-7-13-22)28-23-14-8-9-15-25(23)30(32)31(29(24)28)19-21-10-4-2-5-11-21/h2-18,27H,19H2,1H3. The molecule has 0 aliphatic heterocycles. The Labute approximate surface area is 187 Å². The van der Waals surface area contributed by atoms with Crippen molar-refractivity contribution in [1.82, 2.24) is 4.57 Å². The quantitative estimate of drug-likeness (QED) is 0.324. The van der Waals surface area contributed by atoms with E-state index >= 15 is 0 Å². The SMILES string of the molecule is Cc1ccc2c(c1)C(c1ccccc1)c1c-2n(Cc2ccccc2)c(=O)c2ccccc12. The van der Waals surface area contributed by atoms with Crippen LogP contribution in [0.4, 0.5) is 0 Å². The van der Waals surface area contributed by atoms with Gasteiger partial charge in [0, 0.05) is 16.9 Å². The van der Waals surface area contributed by atoms with E-state index in [1.54, 1.807) is 0 Å². The first-order valence-electron chi connectivity index (χ1n) is 11.1. The molecule has 2 nitrogen and oxygen atoms in total. The fourth-order valence-corrected chi connectivity index (χ4v) is 5.21. The predicted octanol–water partition coefficient (Wildman–Crippen LogP) is 6.52. The molecule has 0 radical (unpaired) electrons. The number of aromatic nitrogens is 1. The van der Waals surface area contributed by atoms with Gasteiger partial charge in [-0.3, -0.25) is 4.79 Å². The van der Waals surface area contributed by atoms with Gasteiger partial charge in [-0.1, -0.05) is 103 Å². The highest BCUT2D eigenvalue weighted by molar-refractivity contribution is 5.95. The van der Waals surface area contributed by atoms with E-state index < -0.39 is 0 Å². The highest BCUT2D eigenvalue weighted by atomic mass is 16.1. The van der Waals surface area contributed by atoms with Crippen LogP contribution in [0.3, 0.4) is 0 Å². The second kappa shape index (κ2) is 7.35. The molecule has 1 aliphatic carbocycles. The molecule has 1 aromatic heterocycles. The van der Waals surface area contributed by atoms with Gasteiger partial charge < -0.3 is 4.57 Å². The Balaban J connectivity index is 1.74. The summed E-state index contributed by atoms with van der Waals surface area (Å²) in [4.78, 5) is 13.8. The number of benzene rings is 4. The van der Waals surface area contributed by atoms with Crippen molar-refractivity contribution in [1.29, 1.82) is 0 Å². The zero-order chi connectivity index (χ0) is 21.7. The van der Waals surface area contributed by atoms with Crippen LogP contribution in [0, 0.1) is 6.92 Å². The molecular formula is C30H23NO. The van der Waals surface area contributed by atoms with Crippen LogP contribution in [0.2, 0.25) is 0 Å². The summed E-state index contributed by atoms with van der Waals surface area (Å²) >= 11 is 0. The largest absolute Gasteiger partial charge is 0.303 e. The average Bonchev–Trinajstić information content (AvgIpc) is 3.17. The third kappa shape index (κ3) is 2.84. The third-order valence-corrected chi connectivity index (χ3v) is 6.60. The normalized spacial score (nSPS) is 14.3. The van der Waals surface area contributed by atoms with Gasteiger partial charge in [0.15, 0.2) is 0 Å². The van der Waals surface area contributed by atoms with Crippen LogP contribution in [0.5, 0.6) is 0 Å². The molecule has 5 aromatic rings. The maximum Gasteiger partial charge on any atom is 0.259 e. The minimum Gasteiger partial charge on any atom is -0.303 e. The monoisotopic (exact) mass is 413 g/mol. The fourth-order valence-electron chi connectivity index (χ4n) is 5.21. The number of nitrogens with zero attached hydrogens (tertiary/aromatic N) is 1. The second-order valence-corrected chi connectivity index (χ2v) is 8.62. The molecule has 154 valence electrons. The van der Waals surface area contributed by atoms with Crippen LogP contribution in [0.15, 0.2) is 108 Å². The molecular weight excluding hydrogens is 390 g/mol. The maximum atomic E-state index is 13.8. The zero-order valence-electron chi connectivity index (χ0n) is 18.0. The van der Waals surface area contributed by atoms with Gasteiger partial charge >= 0.3 is 0 Å². The number of hydrogen-bond acceptors (Lipinski definition) is 1. The van der Waals surface area contributed by atoms with E-state index in [9.17, 15) is 4.79 Å². The molecule has 0 N–H and O–H groups in total. The molecule has 1 unspecified atom stereocenters. The smallest absolute Gasteiger partial charge is 0.259 e. The van der Waals surface area contributed by atoms with Gasteiger partial charge in [0.25, 0.3) is 5.56 Å². The lowest BCUT2D eigenvalue weighted by Crippen LogP contribution is -2.23. The first-order chi connectivity index (χ1) is 15.7. The van der Waals surface area contributed by atoms with Gasteiger partial charge in [0.1, 0.15) is 0 Å². The summed E-state index contributed by atoms with van der Waals surface area (Å²) < 4.78 is 1.99. The average molecular weight is 414 g/mol. The number of pyridine rings is 1. The molecule has 2 heteroatoms. The Hall–Kier alpha value is -3.91. The lowest BCUT2D eigenvalue weighted by molar-refractivity contribution is 0.773. The van der Waals surface area contributed by atoms with Crippen molar-refractivity contribution in [2.75, 3.05) is 0 Å². The van der Waals surface area contributed by atoms with Crippen molar-refractivity contribution in [3.63, 3.8) is 0 Å². The first kappa shape index (κ1) is 18.8. The number of aryl methyl sites for hydroxylation is 1. The molecule has 0 bridgehead atoms. The first-order valence-corrected chi connectivity index (χ1v) is 11.1. The van der Waals surface area contributed by atoms with Gasteiger partial charge in [-0.25, -0.2) is 0 Å². The summed E-state index contributed by atoms with van der Waals surface area (Å²) in [5.41, 5.74) is 8.44. The van der Waals surface area contributed by atoms with E-state index in [1.165, 1.54) is 27.8 Å². The van der Waals surface area contributed by atoms with Crippen molar-refractivity contribution in [2.24, 2.45) is 0 Å². The van der Waals surface area contributed by atoms with Crippen molar-refractivity contribution >= 4 is 10.8 Å². The van der Waals surface area contributed by atoms with E-state index in [0.717, 1.165) is 22.0 Å². The van der Waals surface area contributed by atoms with Crippen molar-refractivity contribution in [2.45, 2.75) is 19.4 Å². The number of hydrogen-bond donors (Lipinski definition) is 0. The third-order valence-electron chi connectivity index (χ3n) is 6.60. The fraction of sp³-hybridized carbons (Fsp3) is 0.100. The molecule has 1 aliphatic rings. The Morgan fingerprint density at radius 1 is 0.750 bits per heavy atom. The molecule has 0 amide bonds. The molecule has 0 spiro atoms. The van der Waals surface area contributed by atoms with Crippen LogP contribution in [-0.2, 0) is 6.54 Å². The summed E-state index contributed by atoms with van der Waals surface area (Å²) in [5.74, 6) is 0.105. The Morgan fingerprint density at radius 3 is 2.16 bits per heavy atom. The van der Waals surface area contributed by atoms with Crippen molar-refractivity contribution in [3.8, 4) is 11.3 Å². The van der Waals surface area contributed by atoms with Crippen LogP contribution < -0.4 is 5.56 Å². The van der Waals surface area contributed by atoms with Crippen LogP contribution >= 0.6 is 0 Å². The highest BCUT2D eigenvalue weighted by Gasteiger charge is 2.34. The van der Waals surface area contributed by atoms with Crippen LogP contribution in [0.25, 0.3) is 22.0 Å². The molecule has 4 aromatic carbocycles. The second-order valence-electron chi connectivity index (χ2n) is 8.62. The summed E-state index contributed by atoms with van der Waals surface area (Å²) in [5, 5.41) is 1.84. The summed E-state index contributed by atoms with van der Waals surface area (Å²) in [6.07, 6.45) is 0. The van der Waals surface area contributed by atoms with E-state index in [4.69, 9.17) is 0 Å². The van der Waals surface area contributed by atoms with Gasteiger partial charge in [-0.05, 0) is 40.6 Å². The maximum absolute atomic E-state index is 13.8. The summed E-state index contributed by atoms with van der Waals surface area (Å²) in [6.45, 7) is 2.70. The lowest BCUT2D eigenvalue weighted by Gasteiger charge is -2.19. The summed E-state index contributed by atoms with van der Waals surface area (Å²) in [6, 6.07) is 35.7. The minimum absolute atomic E-state index is 0.0726. The van der Waals surface area contributed by atoms with Gasteiger partial charge in [-0.15, -0.1) is 0 Å². The Kier molecular flexibility index (Phi) is 4.32. The topological polar surface area (TPSA) is 22.0 Å². The van der Waals surface area contributed by atoms with Crippen LogP contribution in [0.1, 0.15) is 33.7 Å². The van der Waals surface area contributed by atoms with E-state index in [2.05, 4.69) is 73.7 Å². The number of fused-ring (bicyclic) bond motifs is 5. The van der Waals surface area contributed by atoms with Crippen molar-refractivity contribution in [3.05, 3.63) is 141 Å². The highest BCUT2D eigenvalue weighted by Crippen LogP contribution is 2.50. The zero-order valence-corrected chi connectivity index (χ0v) is 18.0. The predicted molar refractivity (Wildman–Crippen MR) is 131 cm³/mol. The lowest BCUT2D eigenvalue weighted by atomic mass is 9.87. The Morgan fingerprint density at radius 2 is 1.41 bits per heavy atom. The summed E-state index contributed by atoms with van der Waals surface area (Å²) in [7, 11) is 0. The van der Waals surface area contributed by atoms with Crippen LogP contribution in [-0.4, -0.2) is 4.57 Å². The molecule has 0 saturated carbocycles. The van der Waals surface area contributed by atoms with E-state index in [0.29, 0.717) is 6.54 Å². The van der Waals surface area contributed by atoms with Gasteiger partial charge in [-0.2, -0.15) is 0 Å². The Bertz CT molecular complexity index is 1510. The molecule has 0 fully saturated rings. The molecule has 1 heterocycles. The van der Waals surface area contributed by atoms with E-state index in [-0.39, 0.29) is 11.5 Å². The molecule has 32 heavy (non-hydrogen) atoms.